The van der Waals surface area contributed by atoms with Crippen LogP contribution in [0.3, 0.4) is 0 Å². The van der Waals surface area contributed by atoms with Crippen LogP contribution in [0.1, 0.15) is 48.7 Å². The van der Waals surface area contributed by atoms with E-state index in [0.717, 1.165) is 11.1 Å². The molecule has 3 aromatic carbocycles. The van der Waals surface area contributed by atoms with E-state index in [2.05, 4.69) is 0 Å². The molecule has 4 rings (SSSR count). The Morgan fingerprint density at radius 1 is 0.657 bits per heavy atom. The number of rotatable bonds is 9. The van der Waals surface area contributed by atoms with Crippen LogP contribution < -0.4 is 10.4 Å². The largest absolute Gasteiger partial charge is 0.477 e. The van der Waals surface area contributed by atoms with Gasteiger partial charge in [0.2, 0.25) is 0 Å². The van der Waals surface area contributed by atoms with Gasteiger partial charge in [0.05, 0.1) is 0 Å². The molecular weight excluding hydrogens is 446 g/mol. The van der Waals surface area contributed by atoms with Crippen molar-refractivity contribution in [3.05, 3.63) is 140 Å². The van der Waals surface area contributed by atoms with E-state index in [-0.39, 0.29) is 36.3 Å². The molecule has 0 amide bonds. The molecule has 0 spiro atoms. The minimum atomic E-state index is -1.44. The Bertz CT molecular complexity index is 1400. The van der Waals surface area contributed by atoms with Crippen molar-refractivity contribution in [2.75, 3.05) is 0 Å². The van der Waals surface area contributed by atoms with E-state index in [1.807, 2.05) is 42.5 Å². The Morgan fingerprint density at radius 2 is 1.11 bits per heavy atom. The van der Waals surface area contributed by atoms with Crippen LogP contribution in [0.5, 0.6) is 0 Å². The van der Waals surface area contributed by atoms with E-state index >= 15 is 0 Å². The second-order valence-corrected chi connectivity index (χ2v) is 7.97. The number of aromatic nitrogens is 1. The third kappa shape index (κ3) is 5.30. The van der Waals surface area contributed by atoms with Crippen LogP contribution in [-0.2, 0) is 19.4 Å². The van der Waals surface area contributed by atoms with Gasteiger partial charge in [-0.25, -0.2) is 9.59 Å². The van der Waals surface area contributed by atoms with Crippen molar-refractivity contribution in [3.63, 3.8) is 0 Å². The smallest absolute Gasteiger partial charge is 0.356 e. The average molecular weight is 469 g/mol. The first-order chi connectivity index (χ1) is 17.0. The topological polar surface area (TPSA) is 106 Å². The molecule has 0 aliphatic heterocycles. The molecule has 35 heavy (non-hydrogen) atoms. The van der Waals surface area contributed by atoms with Gasteiger partial charge in [-0.15, -0.1) is 4.73 Å². The van der Waals surface area contributed by atoms with E-state index < -0.39 is 23.1 Å². The first kappa shape index (κ1) is 23.5. The lowest BCUT2D eigenvalue weighted by atomic mass is 9.90. The quantitative estimate of drug-likeness (QED) is 0.383. The van der Waals surface area contributed by atoms with E-state index in [4.69, 9.17) is 4.84 Å². The number of pyridine rings is 1. The monoisotopic (exact) mass is 469 g/mol. The Kier molecular flexibility index (Phi) is 7.07. The summed E-state index contributed by atoms with van der Waals surface area (Å²) in [5, 5.41) is 20.2. The van der Waals surface area contributed by atoms with Gasteiger partial charge in [0.25, 0.3) is 5.56 Å². The Morgan fingerprint density at radius 3 is 1.57 bits per heavy atom. The zero-order valence-corrected chi connectivity index (χ0v) is 18.8. The number of hydrogen-bond acceptors (Lipinski definition) is 4. The fourth-order valence-electron chi connectivity index (χ4n) is 4.01. The molecule has 0 unspecified atom stereocenters. The molecular formula is C28H23NO6. The highest BCUT2D eigenvalue weighted by molar-refractivity contribution is 5.93. The number of aromatic carboxylic acids is 2. The molecule has 7 heteroatoms. The molecule has 7 nitrogen and oxygen atoms in total. The molecule has 0 aliphatic rings. The highest BCUT2D eigenvalue weighted by atomic mass is 16.7. The summed E-state index contributed by atoms with van der Waals surface area (Å²) in [6.07, 6.45) is 0.194. The highest BCUT2D eigenvalue weighted by Gasteiger charge is 2.30. The summed E-state index contributed by atoms with van der Waals surface area (Å²) in [4.78, 5) is 43.8. The van der Waals surface area contributed by atoms with E-state index in [1.165, 1.54) is 0 Å². The van der Waals surface area contributed by atoms with E-state index in [0.29, 0.717) is 10.3 Å². The van der Waals surface area contributed by atoms with Gasteiger partial charge < -0.3 is 15.1 Å². The summed E-state index contributed by atoms with van der Waals surface area (Å²) in [6.45, 7) is -0.108. The predicted molar refractivity (Wildman–Crippen MR) is 130 cm³/mol. The van der Waals surface area contributed by atoms with Gasteiger partial charge in [0, 0.05) is 6.42 Å². The van der Waals surface area contributed by atoms with E-state index in [9.17, 15) is 24.6 Å². The Hall–Kier alpha value is -4.65. The maximum atomic E-state index is 13.4. The number of hydrogen-bond donors (Lipinski definition) is 2. The number of carboxylic acids is 2. The molecule has 0 fully saturated rings. The van der Waals surface area contributed by atoms with Crippen LogP contribution in [0.2, 0.25) is 0 Å². The van der Waals surface area contributed by atoms with Crippen molar-refractivity contribution in [1.29, 1.82) is 0 Å². The molecule has 2 N–H and O–H groups in total. The molecule has 176 valence electrons. The second kappa shape index (κ2) is 10.5. The lowest BCUT2D eigenvalue weighted by molar-refractivity contribution is 0.0511. The van der Waals surface area contributed by atoms with Gasteiger partial charge in [-0.05, 0) is 34.2 Å². The number of benzene rings is 3. The Labute approximate surface area is 201 Å². The zero-order chi connectivity index (χ0) is 24.8. The molecule has 1 heterocycles. The molecule has 0 radical (unpaired) electrons. The fourth-order valence-corrected chi connectivity index (χ4v) is 4.01. The summed E-state index contributed by atoms with van der Waals surface area (Å²) < 4.78 is 0.617. The van der Waals surface area contributed by atoms with Crippen LogP contribution in [0.25, 0.3) is 0 Å². The third-order valence-corrected chi connectivity index (χ3v) is 5.62. The van der Waals surface area contributed by atoms with Crippen molar-refractivity contribution in [3.8, 4) is 0 Å². The van der Waals surface area contributed by atoms with Crippen LogP contribution in [-0.4, -0.2) is 26.9 Å². The standard InChI is InChI=1S/C28H23NO6/c30-26-24(27(31)32)22(16-19-10-4-1-5-11-19)23(17-20-12-6-2-7-13-20)25(28(33)34)29(26)35-18-21-14-8-3-9-15-21/h1-15H,16-18H2,(H,31,32)(H,33,34). The molecule has 1 aromatic heterocycles. The van der Waals surface area contributed by atoms with Crippen LogP contribution in [0.15, 0.2) is 95.8 Å². The van der Waals surface area contributed by atoms with Gasteiger partial charge in [-0.1, -0.05) is 91.0 Å². The van der Waals surface area contributed by atoms with Crippen molar-refractivity contribution in [2.45, 2.75) is 19.4 Å². The van der Waals surface area contributed by atoms with Crippen molar-refractivity contribution < 1.29 is 24.6 Å². The minimum absolute atomic E-state index is 0.0830. The maximum Gasteiger partial charge on any atom is 0.356 e. The SMILES string of the molecule is O=C(O)c1c(Cc2ccccc2)c(Cc2ccccc2)c(C(=O)O)n(OCc2ccccc2)c1=O. The van der Waals surface area contributed by atoms with E-state index in [1.54, 1.807) is 48.5 Å². The van der Waals surface area contributed by atoms with Gasteiger partial charge in [0.15, 0.2) is 5.69 Å². The second-order valence-electron chi connectivity index (χ2n) is 7.97. The summed E-state index contributed by atoms with van der Waals surface area (Å²) in [7, 11) is 0. The van der Waals surface area contributed by atoms with Crippen LogP contribution >= 0.6 is 0 Å². The summed E-state index contributed by atoms with van der Waals surface area (Å²) in [6, 6.07) is 27.0. The first-order valence-corrected chi connectivity index (χ1v) is 11.0. The minimum Gasteiger partial charge on any atom is -0.477 e. The fraction of sp³-hybridized carbons (Fsp3) is 0.107. The van der Waals surface area contributed by atoms with Crippen molar-refractivity contribution in [2.24, 2.45) is 0 Å². The van der Waals surface area contributed by atoms with Crippen molar-refractivity contribution >= 4 is 11.9 Å². The average Bonchev–Trinajstić information content (AvgIpc) is 2.86. The maximum absolute atomic E-state index is 13.4. The normalized spacial score (nSPS) is 10.6. The number of carboxylic acid groups (broad SMARTS) is 2. The third-order valence-electron chi connectivity index (χ3n) is 5.62. The molecule has 0 aliphatic carbocycles. The van der Waals surface area contributed by atoms with Gasteiger partial charge >= 0.3 is 11.9 Å². The predicted octanol–water partition coefficient (Wildman–Crippen LogP) is 4.06. The summed E-state index contributed by atoms with van der Waals surface area (Å²) >= 11 is 0. The lowest BCUT2D eigenvalue weighted by Crippen LogP contribution is -2.38. The molecule has 0 saturated carbocycles. The molecule has 0 saturated heterocycles. The summed E-state index contributed by atoms with van der Waals surface area (Å²) in [5.41, 5.74) is 0.701. The number of nitrogens with zero attached hydrogens (tertiary/aromatic N) is 1. The van der Waals surface area contributed by atoms with Crippen molar-refractivity contribution in [1.82, 2.24) is 4.73 Å². The summed E-state index contributed by atoms with van der Waals surface area (Å²) in [5.74, 6) is -2.82. The highest BCUT2D eigenvalue weighted by Crippen LogP contribution is 2.24. The molecule has 0 bridgehead atoms. The van der Waals surface area contributed by atoms with Gasteiger partial charge in [0.1, 0.15) is 12.2 Å². The Balaban J connectivity index is 1.95. The van der Waals surface area contributed by atoms with Gasteiger partial charge in [-0.3, -0.25) is 4.79 Å². The first-order valence-electron chi connectivity index (χ1n) is 11.0. The van der Waals surface area contributed by atoms with Crippen LogP contribution in [0.4, 0.5) is 0 Å². The van der Waals surface area contributed by atoms with Gasteiger partial charge in [-0.2, -0.15) is 0 Å². The molecule has 0 atom stereocenters. The number of carbonyl (C=O) groups is 2. The zero-order valence-electron chi connectivity index (χ0n) is 18.8. The lowest BCUT2D eigenvalue weighted by Gasteiger charge is -2.20. The van der Waals surface area contributed by atoms with Crippen LogP contribution in [0, 0.1) is 0 Å². The molecule has 4 aromatic rings.